The fourth-order valence-corrected chi connectivity index (χ4v) is 3.25. The third-order valence-corrected chi connectivity index (χ3v) is 4.70. The van der Waals surface area contributed by atoms with Crippen molar-refractivity contribution in [1.82, 2.24) is 16.0 Å². The van der Waals surface area contributed by atoms with Gasteiger partial charge in [-0.05, 0) is 25.3 Å². The second kappa shape index (κ2) is 11.5. The lowest BCUT2D eigenvalue weighted by molar-refractivity contribution is -0.120. The van der Waals surface area contributed by atoms with Gasteiger partial charge in [-0.3, -0.25) is 4.79 Å². The molecule has 0 bridgehead atoms. The molecule has 1 amide bonds. The van der Waals surface area contributed by atoms with Gasteiger partial charge in [0, 0.05) is 25.0 Å². The van der Waals surface area contributed by atoms with Gasteiger partial charge in [-0.1, -0.05) is 49.6 Å². The molecule has 1 atom stereocenters. The number of hydrogen-bond acceptors (Lipinski definition) is 3. The van der Waals surface area contributed by atoms with Crippen molar-refractivity contribution in [2.24, 2.45) is 4.99 Å². The molecule has 6 nitrogen and oxygen atoms in total. The summed E-state index contributed by atoms with van der Waals surface area (Å²) in [6.07, 6.45) is 5.80. The highest BCUT2D eigenvalue weighted by Crippen LogP contribution is 2.17. The molecule has 2 rings (SSSR count). The monoisotopic (exact) mass is 360 g/mol. The van der Waals surface area contributed by atoms with E-state index >= 15 is 0 Å². The van der Waals surface area contributed by atoms with Crippen LogP contribution in [-0.4, -0.2) is 49.3 Å². The SMILES string of the molecule is CCNC(=NCC(=O)NC1CCCCC1)NCC(CO)c1ccccc1. The van der Waals surface area contributed by atoms with Gasteiger partial charge in [0.2, 0.25) is 5.91 Å². The normalized spacial score (nSPS) is 16.8. The Balaban J connectivity index is 1.84. The first-order valence-corrected chi connectivity index (χ1v) is 9.70. The molecule has 1 aliphatic carbocycles. The van der Waals surface area contributed by atoms with Crippen molar-refractivity contribution < 1.29 is 9.90 Å². The van der Waals surface area contributed by atoms with Crippen LogP contribution in [0.15, 0.2) is 35.3 Å². The number of aliphatic imine (C=N–C) groups is 1. The minimum absolute atomic E-state index is 0.0175. The van der Waals surface area contributed by atoms with Crippen molar-refractivity contribution in [3.8, 4) is 0 Å². The van der Waals surface area contributed by atoms with Gasteiger partial charge in [-0.2, -0.15) is 0 Å². The summed E-state index contributed by atoms with van der Waals surface area (Å²) in [7, 11) is 0. The van der Waals surface area contributed by atoms with E-state index in [1.165, 1.54) is 19.3 Å². The number of hydrogen-bond donors (Lipinski definition) is 4. The highest BCUT2D eigenvalue weighted by Gasteiger charge is 2.15. The van der Waals surface area contributed by atoms with Crippen LogP contribution >= 0.6 is 0 Å². The number of aliphatic hydroxyl groups is 1. The van der Waals surface area contributed by atoms with Gasteiger partial charge in [0.05, 0.1) is 6.61 Å². The van der Waals surface area contributed by atoms with Crippen LogP contribution in [-0.2, 0) is 4.79 Å². The topological polar surface area (TPSA) is 85.8 Å². The summed E-state index contributed by atoms with van der Waals surface area (Å²) >= 11 is 0. The van der Waals surface area contributed by atoms with E-state index in [0.717, 1.165) is 18.4 Å². The number of aliphatic hydroxyl groups excluding tert-OH is 1. The molecule has 1 saturated carbocycles. The van der Waals surface area contributed by atoms with E-state index in [1.807, 2.05) is 37.3 Å². The highest BCUT2D eigenvalue weighted by molar-refractivity contribution is 5.85. The molecule has 0 saturated heterocycles. The average molecular weight is 361 g/mol. The van der Waals surface area contributed by atoms with Crippen molar-refractivity contribution in [1.29, 1.82) is 0 Å². The lowest BCUT2D eigenvalue weighted by Crippen LogP contribution is -2.42. The second-order valence-corrected chi connectivity index (χ2v) is 6.77. The molecular formula is C20H32N4O2. The minimum Gasteiger partial charge on any atom is -0.396 e. The number of rotatable bonds is 8. The van der Waals surface area contributed by atoms with Crippen LogP contribution in [0.25, 0.3) is 0 Å². The molecule has 1 aliphatic rings. The Labute approximate surface area is 156 Å². The van der Waals surface area contributed by atoms with Gasteiger partial charge in [0.1, 0.15) is 6.54 Å². The quantitative estimate of drug-likeness (QED) is 0.420. The molecule has 0 aromatic heterocycles. The predicted octanol–water partition coefficient (Wildman–Crippen LogP) is 1.77. The van der Waals surface area contributed by atoms with Gasteiger partial charge in [0.25, 0.3) is 0 Å². The van der Waals surface area contributed by atoms with Crippen molar-refractivity contribution in [2.45, 2.75) is 51.0 Å². The third-order valence-electron chi connectivity index (χ3n) is 4.70. The summed E-state index contributed by atoms with van der Waals surface area (Å²) in [5, 5.41) is 19.1. The molecular weight excluding hydrogens is 328 g/mol. The zero-order chi connectivity index (χ0) is 18.6. The van der Waals surface area contributed by atoms with Crippen molar-refractivity contribution >= 4 is 11.9 Å². The Morgan fingerprint density at radius 3 is 2.58 bits per heavy atom. The number of carbonyl (C=O) groups is 1. The van der Waals surface area contributed by atoms with E-state index in [2.05, 4.69) is 20.9 Å². The van der Waals surface area contributed by atoms with E-state index in [9.17, 15) is 9.90 Å². The molecule has 1 aromatic carbocycles. The van der Waals surface area contributed by atoms with Crippen LogP contribution in [0.5, 0.6) is 0 Å². The van der Waals surface area contributed by atoms with E-state index in [4.69, 9.17) is 0 Å². The summed E-state index contributed by atoms with van der Waals surface area (Å²) in [5.74, 6) is 0.549. The Morgan fingerprint density at radius 2 is 1.92 bits per heavy atom. The first-order chi connectivity index (χ1) is 12.7. The summed E-state index contributed by atoms with van der Waals surface area (Å²) in [6, 6.07) is 10.2. The Bertz CT molecular complexity index is 556. The standard InChI is InChI=1S/C20H32N4O2/c1-2-21-20(22-13-17(15-25)16-9-5-3-6-10-16)23-14-19(26)24-18-11-7-4-8-12-18/h3,5-6,9-10,17-18,25H,2,4,7-8,11-15H2,1H3,(H,24,26)(H2,21,22,23). The number of benzene rings is 1. The molecule has 144 valence electrons. The van der Waals surface area contributed by atoms with Crippen LogP contribution in [0.1, 0.15) is 50.5 Å². The first-order valence-electron chi connectivity index (χ1n) is 9.70. The molecule has 0 heterocycles. The third kappa shape index (κ3) is 7.04. The molecule has 26 heavy (non-hydrogen) atoms. The van der Waals surface area contributed by atoms with Crippen molar-refractivity contribution in [2.75, 3.05) is 26.2 Å². The molecule has 1 fully saturated rings. The Hall–Kier alpha value is -2.08. The summed E-state index contributed by atoms with van der Waals surface area (Å²) < 4.78 is 0. The van der Waals surface area contributed by atoms with Gasteiger partial charge in [0.15, 0.2) is 5.96 Å². The number of nitrogens with zero attached hydrogens (tertiary/aromatic N) is 1. The first kappa shape index (κ1) is 20.2. The number of amides is 1. The van der Waals surface area contributed by atoms with Crippen LogP contribution in [0.4, 0.5) is 0 Å². The summed E-state index contributed by atoms with van der Waals surface area (Å²) in [6.45, 7) is 3.42. The van der Waals surface area contributed by atoms with Crippen LogP contribution in [0, 0.1) is 0 Å². The summed E-state index contributed by atoms with van der Waals surface area (Å²) in [4.78, 5) is 16.5. The van der Waals surface area contributed by atoms with Crippen LogP contribution in [0.3, 0.4) is 0 Å². The van der Waals surface area contributed by atoms with E-state index in [1.54, 1.807) is 0 Å². The van der Waals surface area contributed by atoms with Gasteiger partial charge in [-0.25, -0.2) is 4.99 Å². The lowest BCUT2D eigenvalue weighted by atomic mass is 9.95. The average Bonchev–Trinajstić information content (AvgIpc) is 2.68. The minimum atomic E-state index is -0.0316. The largest absolute Gasteiger partial charge is 0.396 e. The van der Waals surface area contributed by atoms with Crippen molar-refractivity contribution in [3.63, 3.8) is 0 Å². The van der Waals surface area contributed by atoms with Crippen molar-refractivity contribution in [3.05, 3.63) is 35.9 Å². The molecule has 4 N–H and O–H groups in total. The second-order valence-electron chi connectivity index (χ2n) is 6.77. The van der Waals surface area contributed by atoms with Crippen LogP contribution < -0.4 is 16.0 Å². The molecule has 0 aliphatic heterocycles. The fraction of sp³-hybridized carbons (Fsp3) is 0.600. The van der Waals surface area contributed by atoms with E-state index < -0.39 is 0 Å². The number of guanidine groups is 1. The Kier molecular flexibility index (Phi) is 8.96. The maximum Gasteiger partial charge on any atom is 0.242 e. The molecule has 1 aromatic rings. The molecule has 0 spiro atoms. The number of nitrogens with one attached hydrogen (secondary N) is 3. The zero-order valence-electron chi connectivity index (χ0n) is 15.7. The Morgan fingerprint density at radius 1 is 1.19 bits per heavy atom. The molecule has 1 unspecified atom stereocenters. The summed E-state index contributed by atoms with van der Waals surface area (Å²) in [5.41, 5.74) is 1.08. The lowest BCUT2D eigenvalue weighted by Gasteiger charge is -2.22. The molecule has 0 radical (unpaired) electrons. The highest BCUT2D eigenvalue weighted by atomic mass is 16.3. The maximum atomic E-state index is 12.1. The van der Waals surface area contributed by atoms with Crippen LogP contribution in [0.2, 0.25) is 0 Å². The van der Waals surface area contributed by atoms with E-state index in [-0.39, 0.29) is 25.0 Å². The van der Waals surface area contributed by atoms with Gasteiger partial charge in [-0.15, -0.1) is 0 Å². The fourth-order valence-electron chi connectivity index (χ4n) is 3.25. The zero-order valence-corrected chi connectivity index (χ0v) is 15.7. The smallest absolute Gasteiger partial charge is 0.242 e. The van der Waals surface area contributed by atoms with Gasteiger partial charge >= 0.3 is 0 Å². The number of carbonyl (C=O) groups excluding carboxylic acids is 1. The molecule has 6 heteroatoms. The maximum absolute atomic E-state index is 12.1. The van der Waals surface area contributed by atoms with E-state index in [0.29, 0.717) is 25.1 Å². The van der Waals surface area contributed by atoms with Gasteiger partial charge < -0.3 is 21.1 Å². The predicted molar refractivity (Wildman–Crippen MR) is 105 cm³/mol.